The van der Waals surface area contributed by atoms with Crippen LogP contribution in [0.25, 0.3) is 10.8 Å². The van der Waals surface area contributed by atoms with Crippen LogP contribution in [-0.4, -0.2) is 17.0 Å². The van der Waals surface area contributed by atoms with Crippen molar-refractivity contribution in [2.24, 2.45) is 0 Å². The molecule has 4 nitrogen and oxygen atoms in total. The van der Waals surface area contributed by atoms with Gasteiger partial charge in [-0.2, -0.15) is 13.2 Å². The Morgan fingerprint density at radius 3 is 2.44 bits per heavy atom. The van der Waals surface area contributed by atoms with Crippen LogP contribution >= 0.6 is 0 Å². The quantitative estimate of drug-likeness (QED) is 0.691. The van der Waals surface area contributed by atoms with E-state index in [1.165, 1.54) is 11.1 Å². The number of nitrogens with zero attached hydrogens (tertiary/aromatic N) is 2. The first-order valence-corrected chi connectivity index (χ1v) is 8.37. The summed E-state index contributed by atoms with van der Waals surface area (Å²) in [4.78, 5) is 26.3. The topological polar surface area (TPSA) is 42.3 Å². The highest BCUT2D eigenvalue weighted by molar-refractivity contribution is 6.03. The van der Waals surface area contributed by atoms with Crippen molar-refractivity contribution in [1.82, 2.24) is 4.57 Å². The lowest BCUT2D eigenvalue weighted by Crippen LogP contribution is -2.38. The van der Waals surface area contributed by atoms with Crippen LogP contribution in [0.1, 0.15) is 12.5 Å². The Morgan fingerprint density at radius 2 is 1.74 bits per heavy atom. The van der Waals surface area contributed by atoms with Gasteiger partial charge in [0, 0.05) is 18.1 Å². The number of carbonyl (C=O) groups is 1. The number of hydrogen-bond donors (Lipinski definition) is 0. The number of alkyl halides is 3. The molecule has 27 heavy (non-hydrogen) atoms. The van der Waals surface area contributed by atoms with Gasteiger partial charge >= 0.3 is 6.18 Å². The van der Waals surface area contributed by atoms with Crippen LogP contribution in [0.2, 0.25) is 0 Å². The Kier molecular flexibility index (Phi) is 5.03. The molecule has 0 aliphatic carbocycles. The molecule has 3 aromatic rings. The summed E-state index contributed by atoms with van der Waals surface area (Å²) in [7, 11) is 0. The van der Waals surface area contributed by atoms with Crippen LogP contribution in [0.5, 0.6) is 0 Å². The molecule has 0 N–H and O–H groups in total. The maximum atomic E-state index is 12.9. The van der Waals surface area contributed by atoms with Crippen LogP contribution in [0.15, 0.2) is 65.6 Å². The first-order valence-electron chi connectivity index (χ1n) is 8.37. The number of likely N-dealkylation sites (N-methyl/N-ethyl adjacent to an activating group) is 1. The van der Waals surface area contributed by atoms with E-state index in [4.69, 9.17) is 0 Å². The van der Waals surface area contributed by atoms with Gasteiger partial charge in [-0.3, -0.25) is 9.59 Å². The number of anilines is 1. The number of pyridine rings is 1. The van der Waals surface area contributed by atoms with Gasteiger partial charge in [-0.1, -0.05) is 36.4 Å². The number of rotatable bonds is 4. The summed E-state index contributed by atoms with van der Waals surface area (Å²) in [5.74, 6) is -0.463. The first-order chi connectivity index (χ1) is 12.8. The van der Waals surface area contributed by atoms with Gasteiger partial charge in [0.25, 0.3) is 5.56 Å². The molecule has 2 aromatic carbocycles. The first kappa shape index (κ1) is 18.7. The SMILES string of the molecule is CCN(C(=O)Cn1cccc(C(F)(F)F)c1=O)c1cccc2ccccc12. The monoisotopic (exact) mass is 374 g/mol. The number of benzene rings is 2. The van der Waals surface area contributed by atoms with E-state index < -0.39 is 29.8 Å². The predicted octanol–water partition coefficient (Wildman–Crippen LogP) is 4.07. The summed E-state index contributed by atoms with van der Waals surface area (Å²) in [6, 6.07) is 14.8. The highest BCUT2D eigenvalue weighted by Crippen LogP contribution is 2.27. The third kappa shape index (κ3) is 3.72. The van der Waals surface area contributed by atoms with Crippen molar-refractivity contribution in [3.8, 4) is 0 Å². The number of hydrogen-bond acceptors (Lipinski definition) is 2. The Labute approximate surface area is 153 Å². The summed E-state index contributed by atoms with van der Waals surface area (Å²) < 4.78 is 39.6. The van der Waals surface area contributed by atoms with Gasteiger partial charge in [0.2, 0.25) is 5.91 Å². The zero-order valence-electron chi connectivity index (χ0n) is 14.5. The van der Waals surface area contributed by atoms with Crippen LogP contribution in [0.3, 0.4) is 0 Å². The molecule has 0 saturated carbocycles. The predicted molar refractivity (Wildman–Crippen MR) is 97.7 cm³/mol. The zero-order chi connectivity index (χ0) is 19.6. The zero-order valence-corrected chi connectivity index (χ0v) is 14.5. The molecule has 0 saturated heterocycles. The molecule has 0 unspecified atom stereocenters. The fraction of sp³-hybridized carbons (Fsp3) is 0.200. The third-order valence-corrected chi connectivity index (χ3v) is 4.31. The Hall–Kier alpha value is -3.09. The van der Waals surface area contributed by atoms with E-state index in [9.17, 15) is 22.8 Å². The second kappa shape index (κ2) is 7.26. The fourth-order valence-corrected chi connectivity index (χ4v) is 3.03. The van der Waals surface area contributed by atoms with Crippen LogP contribution < -0.4 is 10.5 Å². The lowest BCUT2D eigenvalue weighted by molar-refractivity contribution is -0.139. The minimum Gasteiger partial charge on any atom is -0.311 e. The maximum Gasteiger partial charge on any atom is 0.421 e. The molecular formula is C20H17F3N2O2. The van der Waals surface area contributed by atoms with Crippen molar-refractivity contribution in [2.45, 2.75) is 19.6 Å². The normalized spacial score (nSPS) is 11.6. The van der Waals surface area contributed by atoms with Crippen molar-refractivity contribution in [2.75, 3.05) is 11.4 Å². The largest absolute Gasteiger partial charge is 0.421 e. The Bertz CT molecular complexity index is 1040. The van der Waals surface area contributed by atoms with E-state index in [2.05, 4.69) is 0 Å². The third-order valence-electron chi connectivity index (χ3n) is 4.31. The molecule has 3 rings (SSSR count). The minimum absolute atomic E-state index is 0.320. The van der Waals surface area contributed by atoms with Crippen molar-refractivity contribution in [3.05, 3.63) is 76.7 Å². The van der Waals surface area contributed by atoms with Gasteiger partial charge in [0.05, 0.1) is 5.69 Å². The molecule has 7 heteroatoms. The maximum absolute atomic E-state index is 12.9. The molecule has 0 radical (unpaired) electrons. The molecule has 0 spiro atoms. The van der Waals surface area contributed by atoms with E-state index in [-0.39, 0.29) is 0 Å². The lowest BCUT2D eigenvalue weighted by Gasteiger charge is -2.23. The highest BCUT2D eigenvalue weighted by atomic mass is 19.4. The molecule has 0 aliphatic heterocycles. The van der Waals surface area contributed by atoms with Gasteiger partial charge < -0.3 is 9.47 Å². The number of halogens is 3. The van der Waals surface area contributed by atoms with Crippen molar-refractivity contribution >= 4 is 22.4 Å². The highest BCUT2D eigenvalue weighted by Gasteiger charge is 2.34. The summed E-state index contributed by atoms with van der Waals surface area (Å²) in [5.41, 5.74) is -1.86. The molecule has 1 heterocycles. The summed E-state index contributed by atoms with van der Waals surface area (Å²) in [6.07, 6.45) is -3.57. The van der Waals surface area contributed by atoms with Gasteiger partial charge in [-0.15, -0.1) is 0 Å². The van der Waals surface area contributed by atoms with Crippen molar-refractivity contribution in [1.29, 1.82) is 0 Å². The summed E-state index contributed by atoms with van der Waals surface area (Å²) >= 11 is 0. The fourth-order valence-electron chi connectivity index (χ4n) is 3.03. The van der Waals surface area contributed by atoms with E-state index >= 15 is 0 Å². The molecule has 140 valence electrons. The number of aromatic nitrogens is 1. The van der Waals surface area contributed by atoms with Crippen molar-refractivity contribution < 1.29 is 18.0 Å². The average molecular weight is 374 g/mol. The smallest absolute Gasteiger partial charge is 0.311 e. The molecule has 0 fully saturated rings. The molecule has 0 aliphatic rings. The van der Waals surface area contributed by atoms with Crippen LogP contribution in [0.4, 0.5) is 18.9 Å². The standard InChI is InChI=1S/C20H17F3N2O2/c1-2-25(17-11-5-8-14-7-3-4-9-15(14)17)18(26)13-24-12-6-10-16(19(24)27)20(21,22)23/h3-12H,2,13H2,1H3. The van der Waals surface area contributed by atoms with Gasteiger partial charge in [0.1, 0.15) is 12.1 Å². The van der Waals surface area contributed by atoms with E-state index in [1.807, 2.05) is 36.4 Å². The Balaban J connectivity index is 1.97. The summed E-state index contributed by atoms with van der Waals surface area (Å²) in [6.45, 7) is 1.62. The molecule has 0 atom stereocenters. The Morgan fingerprint density at radius 1 is 1.04 bits per heavy atom. The van der Waals surface area contributed by atoms with Gasteiger partial charge in [-0.25, -0.2) is 0 Å². The minimum atomic E-state index is -4.76. The summed E-state index contributed by atoms with van der Waals surface area (Å²) in [5, 5.41) is 1.80. The van der Waals surface area contributed by atoms with Gasteiger partial charge in [-0.05, 0) is 30.5 Å². The van der Waals surface area contributed by atoms with Crippen LogP contribution in [0, 0.1) is 0 Å². The van der Waals surface area contributed by atoms with E-state index in [1.54, 1.807) is 13.0 Å². The molecular weight excluding hydrogens is 357 g/mol. The molecule has 0 bridgehead atoms. The second-order valence-corrected chi connectivity index (χ2v) is 5.99. The average Bonchev–Trinajstić information content (AvgIpc) is 2.63. The second-order valence-electron chi connectivity index (χ2n) is 5.99. The lowest BCUT2D eigenvalue weighted by atomic mass is 10.1. The van der Waals surface area contributed by atoms with E-state index in [0.29, 0.717) is 18.3 Å². The number of amides is 1. The van der Waals surface area contributed by atoms with Crippen LogP contribution in [-0.2, 0) is 17.5 Å². The van der Waals surface area contributed by atoms with E-state index in [0.717, 1.165) is 21.4 Å². The molecule has 1 aromatic heterocycles. The number of fused-ring (bicyclic) bond motifs is 1. The van der Waals surface area contributed by atoms with Crippen molar-refractivity contribution in [3.63, 3.8) is 0 Å². The molecule has 1 amide bonds. The number of carbonyl (C=O) groups excluding carboxylic acids is 1. The van der Waals surface area contributed by atoms with Gasteiger partial charge in [0.15, 0.2) is 0 Å².